The van der Waals surface area contributed by atoms with Gasteiger partial charge < -0.3 is 20.5 Å². The Morgan fingerprint density at radius 3 is 2.74 bits per heavy atom. The SMILES string of the molecule is COc1cc(Br)ccc1CNC(=O)NCCC(=O)O. The first kappa shape index (κ1) is 15.3. The zero-order valence-corrected chi connectivity index (χ0v) is 12.0. The van der Waals surface area contributed by atoms with E-state index in [0.717, 1.165) is 10.0 Å². The number of ether oxygens (including phenoxy) is 1. The van der Waals surface area contributed by atoms with Crippen molar-refractivity contribution >= 4 is 27.9 Å². The van der Waals surface area contributed by atoms with E-state index in [1.165, 1.54) is 0 Å². The molecule has 0 unspecified atom stereocenters. The third-order valence-corrected chi connectivity index (χ3v) is 2.81. The number of methoxy groups -OCH3 is 1. The van der Waals surface area contributed by atoms with Crippen LogP contribution in [-0.2, 0) is 11.3 Å². The van der Waals surface area contributed by atoms with Crippen LogP contribution in [0.1, 0.15) is 12.0 Å². The van der Waals surface area contributed by atoms with E-state index < -0.39 is 12.0 Å². The number of carboxylic acid groups (broad SMARTS) is 1. The van der Waals surface area contributed by atoms with Gasteiger partial charge in [0.25, 0.3) is 0 Å². The van der Waals surface area contributed by atoms with Crippen molar-refractivity contribution in [3.8, 4) is 5.75 Å². The number of carboxylic acids is 1. The average Bonchev–Trinajstić information content (AvgIpc) is 2.36. The van der Waals surface area contributed by atoms with Crippen molar-refractivity contribution < 1.29 is 19.4 Å². The minimum atomic E-state index is -0.949. The van der Waals surface area contributed by atoms with Crippen molar-refractivity contribution in [3.63, 3.8) is 0 Å². The second-order valence-electron chi connectivity index (χ2n) is 3.71. The van der Waals surface area contributed by atoms with Gasteiger partial charge in [0.2, 0.25) is 0 Å². The van der Waals surface area contributed by atoms with Gasteiger partial charge in [-0.15, -0.1) is 0 Å². The van der Waals surface area contributed by atoms with Crippen LogP contribution < -0.4 is 15.4 Å². The van der Waals surface area contributed by atoms with Crippen LogP contribution in [0.4, 0.5) is 4.79 Å². The largest absolute Gasteiger partial charge is 0.496 e. The molecule has 104 valence electrons. The van der Waals surface area contributed by atoms with Crippen molar-refractivity contribution in [3.05, 3.63) is 28.2 Å². The lowest BCUT2D eigenvalue weighted by atomic mass is 10.2. The Bertz CT molecular complexity index is 465. The number of carbonyl (C=O) groups excluding carboxylic acids is 1. The molecule has 0 aromatic heterocycles. The van der Waals surface area contributed by atoms with E-state index in [0.29, 0.717) is 12.3 Å². The van der Waals surface area contributed by atoms with Gasteiger partial charge in [0.1, 0.15) is 5.75 Å². The van der Waals surface area contributed by atoms with E-state index in [4.69, 9.17) is 9.84 Å². The van der Waals surface area contributed by atoms with Gasteiger partial charge in [0.15, 0.2) is 0 Å². The van der Waals surface area contributed by atoms with E-state index in [-0.39, 0.29) is 13.0 Å². The summed E-state index contributed by atoms with van der Waals surface area (Å²) in [4.78, 5) is 21.7. The van der Waals surface area contributed by atoms with Crippen LogP contribution in [0.25, 0.3) is 0 Å². The highest BCUT2D eigenvalue weighted by Gasteiger charge is 2.06. The lowest BCUT2D eigenvalue weighted by molar-refractivity contribution is -0.136. The summed E-state index contributed by atoms with van der Waals surface area (Å²) in [6.45, 7) is 0.397. The Morgan fingerprint density at radius 1 is 1.37 bits per heavy atom. The molecule has 2 amide bonds. The lowest BCUT2D eigenvalue weighted by Crippen LogP contribution is -2.36. The molecule has 0 aliphatic rings. The number of rotatable bonds is 6. The Kier molecular flexibility index (Phi) is 6.14. The van der Waals surface area contributed by atoms with Crippen LogP contribution in [0.15, 0.2) is 22.7 Å². The maximum atomic E-state index is 11.4. The van der Waals surface area contributed by atoms with E-state index >= 15 is 0 Å². The summed E-state index contributed by atoms with van der Waals surface area (Å²) in [5, 5.41) is 13.5. The van der Waals surface area contributed by atoms with Crippen LogP contribution in [0.5, 0.6) is 5.75 Å². The van der Waals surface area contributed by atoms with Gasteiger partial charge in [-0.2, -0.15) is 0 Å². The van der Waals surface area contributed by atoms with E-state index in [9.17, 15) is 9.59 Å². The lowest BCUT2D eigenvalue weighted by Gasteiger charge is -2.10. The molecule has 3 N–H and O–H groups in total. The first-order chi connectivity index (χ1) is 9.02. The fourth-order valence-electron chi connectivity index (χ4n) is 1.39. The highest BCUT2D eigenvalue weighted by atomic mass is 79.9. The third-order valence-electron chi connectivity index (χ3n) is 2.31. The quantitative estimate of drug-likeness (QED) is 0.741. The first-order valence-corrected chi connectivity index (χ1v) is 6.38. The number of carbonyl (C=O) groups is 2. The van der Waals surface area contributed by atoms with Crippen LogP contribution in [0.2, 0.25) is 0 Å². The number of hydrogen-bond donors (Lipinski definition) is 3. The van der Waals surface area contributed by atoms with Gasteiger partial charge >= 0.3 is 12.0 Å². The zero-order chi connectivity index (χ0) is 14.3. The monoisotopic (exact) mass is 330 g/mol. The number of urea groups is 1. The molecule has 1 rings (SSSR count). The van der Waals surface area contributed by atoms with Gasteiger partial charge in [-0.1, -0.05) is 22.0 Å². The van der Waals surface area contributed by atoms with Crippen molar-refractivity contribution in [2.75, 3.05) is 13.7 Å². The molecule has 0 aliphatic heterocycles. The smallest absolute Gasteiger partial charge is 0.315 e. The zero-order valence-electron chi connectivity index (χ0n) is 10.4. The van der Waals surface area contributed by atoms with Gasteiger partial charge in [-0.05, 0) is 12.1 Å². The minimum Gasteiger partial charge on any atom is -0.496 e. The number of amides is 2. The van der Waals surface area contributed by atoms with Gasteiger partial charge in [0.05, 0.1) is 13.5 Å². The Morgan fingerprint density at radius 2 is 2.11 bits per heavy atom. The second kappa shape index (κ2) is 7.63. The molecule has 19 heavy (non-hydrogen) atoms. The number of halogens is 1. The topological polar surface area (TPSA) is 87.7 Å². The molecule has 0 saturated heterocycles. The average molecular weight is 331 g/mol. The molecule has 0 aliphatic carbocycles. The Hall–Kier alpha value is -1.76. The highest BCUT2D eigenvalue weighted by molar-refractivity contribution is 9.10. The van der Waals surface area contributed by atoms with E-state index in [1.54, 1.807) is 13.2 Å². The normalized spacial score (nSPS) is 9.79. The standard InChI is InChI=1S/C12H15BrN2O4/c1-19-10-6-9(13)3-2-8(10)7-15-12(18)14-5-4-11(16)17/h2-3,6H,4-5,7H2,1H3,(H,16,17)(H2,14,15,18). The number of hydrogen-bond acceptors (Lipinski definition) is 3. The Balaban J connectivity index is 2.43. The second-order valence-corrected chi connectivity index (χ2v) is 4.63. The van der Waals surface area contributed by atoms with Crippen molar-refractivity contribution in [2.45, 2.75) is 13.0 Å². The molecule has 0 atom stereocenters. The van der Waals surface area contributed by atoms with Crippen LogP contribution >= 0.6 is 15.9 Å². The molecule has 0 bridgehead atoms. The summed E-state index contributed by atoms with van der Waals surface area (Å²) in [5.41, 5.74) is 0.832. The van der Waals surface area contributed by atoms with Crippen LogP contribution in [0.3, 0.4) is 0 Å². The molecule has 7 heteroatoms. The molecule has 0 fully saturated rings. The number of nitrogens with one attached hydrogen (secondary N) is 2. The molecule has 0 heterocycles. The van der Waals surface area contributed by atoms with Crippen LogP contribution in [0, 0.1) is 0 Å². The predicted octanol–water partition coefficient (Wildman–Crippen LogP) is 1.73. The summed E-state index contributed by atoms with van der Waals surface area (Å²) in [5.74, 6) is -0.282. The van der Waals surface area contributed by atoms with Crippen molar-refractivity contribution in [2.24, 2.45) is 0 Å². The summed E-state index contributed by atoms with van der Waals surface area (Å²) >= 11 is 3.33. The minimum absolute atomic E-state index is 0.0959. The van der Waals surface area contributed by atoms with Gasteiger partial charge in [-0.3, -0.25) is 4.79 Å². The maximum absolute atomic E-state index is 11.4. The fourth-order valence-corrected chi connectivity index (χ4v) is 1.73. The molecular formula is C12H15BrN2O4. The fraction of sp³-hybridized carbons (Fsp3) is 0.333. The third kappa shape index (κ3) is 5.60. The molecule has 1 aromatic carbocycles. The molecule has 0 saturated carbocycles. The molecule has 0 spiro atoms. The van der Waals surface area contributed by atoms with Gasteiger partial charge in [-0.25, -0.2) is 4.79 Å². The summed E-state index contributed by atoms with van der Waals surface area (Å²) in [6.07, 6.45) is -0.102. The van der Waals surface area contributed by atoms with E-state index in [1.807, 2.05) is 12.1 Å². The summed E-state index contributed by atoms with van der Waals surface area (Å²) in [7, 11) is 1.55. The summed E-state index contributed by atoms with van der Waals surface area (Å²) < 4.78 is 6.08. The summed E-state index contributed by atoms with van der Waals surface area (Å²) in [6, 6.07) is 5.08. The molecule has 6 nitrogen and oxygen atoms in total. The predicted molar refractivity (Wildman–Crippen MR) is 73.2 cm³/mol. The first-order valence-electron chi connectivity index (χ1n) is 5.59. The van der Waals surface area contributed by atoms with Gasteiger partial charge in [0, 0.05) is 23.1 Å². The Labute approximate surface area is 119 Å². The van der Waals surface area contributed by atoms with E-state index in [2.05, 4.69) is 26.6 Å². The number of benzene rings is 1. The molecule has 1 aromatic rings. The highest BCUT2D eigenvalue weighted by Crippen LogP contribution is 2.23. The maximum Gasteiger partial charge on any atom is 0.315 e. The van der Waals surface area contributed by atoms with Crippen molar-refractivity contribution in [1.29, 1.82) is 0 Å². The number of aliphatic carboxylic acids is 1. The molecular weight excluding hydrogens is 316 g/mol. The molecule has 0 radical (unpaired) electrons. The van der Waals surface area contributed by atoms with Crippen molar-refractivity contribution in [1.82, 2.24) is 10.6 Å². The van der Waals surface area contributed by atoms with Crippen LogP contribution in [-0.4, -0.2) is 30.8 Å².